The van der Waals surface area contributed by atoms with Gasteiger partial charge in [-0.1, -0.05) is 13.3 Å². The van der Waals surface area contributed by atoms with Gasteiger partial charge >= 0.3 is 5.69 Å². The van der Waals surface area contributed by atoms with Crippen molar-refractivity contribution >= 4 is 17.4 Å². The highest BCUT2D eigenvalue weighted by atomic mass is 16.3. The molecule has 0 saturated carbocycles. The monoisotopic (exact) mass is 348 g/mol. The molecule has 0 radical (unpaired) electrons. The van der Waals surface area contributed by atoms with Crippen LogP contribution in [-0.4, -0.2) is 22.0 Å². The minimum atomic E-state index is -0.650. The second kappa shape index (κ2) is 8.36. The third kappa shape index (κ3) is 4.20. The molecule has 0 bridgehead atoms. The van der Waals surface area contributed by atoms with E-state index in [9.17, 15) is 14.4 Å². The van der Waals surface area contributed by atoms with Crippen LogP contribution in [0.5, 0.6) is 0 Å². The van der Waals surface area contributed by atoms with Gasteiger partial charge in [0.2, 0.25) is 5.91 Å². The van der Waals surface area contributed by atoms with Crippen molar-refractivity contribution in [2.45, 2.75) is 46.1 Å². The molecule has 2 rings (SSSR count). The molecule has 136 valence electrons. The van der Waals surface area contributed by atoms with Gasteiger partial charge in [0, 0.05) is 25.9 Å². The molecule has 0 atom stereocenters. The van der Waals surface area contributed by atoms with Gasteiger partial charge in [0.05, 0.1) is 6.26 Å². The molecule has 0 saturated heterocycles. The van der Waals surface area contributed by atoms with Crippen LogP contribution >= 0.6 is 0 Å². The van der Waals surface area contributed by atoms with Gasteiger partial charge in [-0.05, 0) is 25.5 Å². The van der Waals surface area contributed by atoms with E-state index in [1.54, 1.807) is 25.3 Å². The third-order valence-electron chi connectivity index (χ3n) is 4.00. The van der Waals surface area contributed by atoms with E-state index in [0.29, 0.717) is 18.7 Å². The number of aromatic amines is 1. The first kappa shape index (κ1) is 18.6. The van der Waals surface area contributed by atoms with Crippen LogP contribution in [0.4, 0.5) is 11.5 Å². The molecule has 0 aromatic carbocycles. The topological polar surface area (TPSA) is 114 Å². The lowest BCUT2D eigenvalue weighted by molar-refractivity contribution is -0.118. The number of carbonyl (C=O) groups is 1. The number of nitrogens with two attached hydrogens (primary N) is 1. The Labute approximate surface area is 145 Å². The van der Waals surface area contributed by atoms with Crippen molar-refractivity contribution in [2.75, 3.05) is 17.2 Å². The van der Waals surface area contributed by atoms with Crippen LogP contribution in [0.3, 0.4) is 0 Å². The summed E-state index contributed by atoms with van der Waals surface area (Å²) in [4.78, 5) is 40.4. The average molecular weight is 348 g/mol. The molecule has 25 heavy (non-hydrogen) atoms. The lowest BCUT2D eigenvalue weighted by Gasteiger charge is -2.23. The Balaban J connectivity index is 2.31. The number of anilines is 2. The highest BCUT2D eigenvalue weighted by Crippen LogP contribution is 2.18. The molecular weight excluding hydrogens is 324 g/mol. The molecule has 2 aromatic rings. The van der Waals surface area contributed by atoms with Crippen molar-refractivity contribution in [3.05, 3.63) is 45.0 Å². The summed E-state index contributed by atoms with van der Waals surface area (Å²) in [6, 6.07) is 3.54. The van der Waals surface area contributed by atoms with E-state index >= 15 is 0 Å². The predicted octanol–water partition coefficient (Wildman–Crippen LogP) is 1.50. The standard InChI is InChI=1S/C17H24N4O4/c1-3-5-10-21-15(18)14(16(23)19-17(21)24)20(4-2)13(22)9-8-12-7-6-11-25-12/h6-7,11H,3-5,8-10,18H2,1-2H3,(H,19,23,24). The van der Waals surface area contributed by atoms with E-state index < -0.39 is 11.2 Å². The summed E-state index contributed by atoms with van der Waals surface area (Å²) in [7, 11) is 0. The number of nitrogens with one attached hydrogen (secondary N) is 1. The first-order valence-corrected chi connectivity index (χ1v) is 8.44. The Morgan fingerprint density at radius 2 is 2.12 bits per heavy atom. The Kier molecular flexibility index (Phi) is 6.21. The van der Waals surface area contributed by atoms with Crippen molar-refractivity contribution < 1.29 is 9.21 Å². The number of aromatic nitrogens is 2. The normalized spacial score (nSPS) is 10.8. The van der Waals surface area contributed by atoms with E-state index in [-0.39, 0.29) is 30.4 Å². The lowest BCUT2D eigenvalue weighted by atomic mass is 10.2. The summed E-state index contributed by atoms with van der Waals surface area (Å²) in [5.41, 5.74) is 4.89. The number of H-pyrrole nitrogens is 1. The molecule has 1 amide bonds. The van der Waals surface area contributed by atoms with Crippen molar-refractivity contribution in [3.8, 4) is 0 Å². The molecule has 8 heteroatoms. The molecule has 8 nitrogen and oxygen atoms in total. The summed E-state index contributed by atoms with van der Waals surface area (Å²) in [6.07, 6.45) is 3.77. The van der Waals surface area contributed by atoms with E-state index in [4.69, 9.17) is 10.2 Å². The molecule has 0 aliphatic heterocycles. The zero-order valence-electron chi connectivity index (χ0n) is 14.6. The van der Waals surface area contributed by atoms with Crippen LogP contribution in [0.2, 0.25) is 0 Å². The fraction of sp³-hybridized carbons (Fsp3) is 0.471. The van der Waals surface area contributed by atoms with Crippen molar-refractivity contribution in [1.82, 2.24) is 9.55 Å². The average Bonchev–Trinajstić information content (AvgIpc) is 3.09. The van der Waals surface area contributed by atoms with Gasteiger partial charge in [0.15, 0.2) is 5.69 Å². The quantitative estimate of drug-likeness (QED) is 0.750. The smallest absolute Gasteiger partial charge is 0.330 e. The Bertz CT molecular complexity index is 820. The van der Waals surface area contributed by atoms with E-state index in [2.05, 4.69) is 4.98 Å². The molecule has 0 aliphatic carbocycles. The lowest BCUT2D eigenvalue weighted by Crippen LogP contribution is -2.41. The van der Waals surface area contributed by atoms with E-state index in [1.807, 2.05) is 6.92 Å². The first-order valence-electron chi connectivity index (χ1n) is 8.44. The molecule has 0 fully saturated rings. The maximum Gasteiger partial charge on any atom is 0.330 e. The largest absolute Gasteiger partial charge is 0.469 e. The van der Waals surface area contributed by atoms with Crippen molar-refractivity contribution in [1.29, 1.82) is 0 Å². The summed E-state index contributed by atoms with van der Waals surface area (Å²) < 4.78 is 6.53. The number of amides is 1. The van der Waals surface area contributed by atoms with E-state index in [1.165, 1.54) is 9.47 Å². The highest BCUT2D eigenvalue weighted by Gasteiger charge is 2.22. The molecule has 0 spiro atoms. The first-order chi connectivity index (χ1) is 12.0. The van der Waals surface area contributed by atoms with Crippen LogP contribution in [0.25, 0.3) is 0 Å². The number of unbranched alkanes of at least 4 members (excludes halogenated alkanes) is 1. The molecule has 0 aliphatic rings. The summed E-state index contributed by atoms with van der Waals surface area (Å²) >= 11 is 0. The van der Waals surface area contributed by atoms with Gasteiger partial charge < -0.3 is 15.1 Å². The molecule has 0 unspecified atom stereocenters. The summed E-state index contributed by atoms with van der Waals surface area (Å²) in [5.74, 6) is 0.464. The van der Waals surface area contributed by atoms with Crippen LogP contribution in [-0.2, 0) is 17.8 Å². The fourth-order valence-corrected chi connectivity index (χ4v) is 2.66. The predicted molar refractivity (Wildman–Crippen MR) is 95.7 cm³/mol. The number of hydrogen-bond donors (Lipinski definition) is 2. The minimum absolute atomic E-state index is 0.0235. The Hall–Kier alpha value is -2.77. The van der Waals surface area contributed by atoms with Gasteiger partial charge in [-0.3, -0.25) is 19.1 Å². The number of carbonyl (C=O) groups excluding carboxylic acids is 1. The van der Waals surface area contributed by atoms with Crippen LogP contribution < -0.4 is 21.9 Å². The number of nitrogens with zero attached hydrogens (tertiary/aromatic N) is 2. The van der Waals surface area contributed by atoms with Crippen LogP contribution in [0.15, 0.2) is 32.4 Å². The van der Waals surface area contributed by atoms with Crippen LogP contribution in [0.1, 0.15) is 38.9 Å². The number of rotatable bonds is 8. The number of furan rings is 1. The molecule has 2 aromatic heterocycles. The molecule has 2 heterocycles. The number of aryl methyl sites for hydroxylation is 1. The van der Waals surface area contributed by atoms with Gasteiger partial charge in [0.25, 0.3) is 5.56 Å². The second-order valence-corrected chi connectivity index (χ2v) is 5.72. The van der Waals surface area contributed by atoms with Gasteiger partial charge in [-0.15, -0.1) is 0 Å². The van der Waals surface area contributed by atoms with Gasteiger partial charge in [0.1, 0.15) is 11.6 Å². The van der Waals surface area contributed by atoms with Crippen LogP contribution in [0, 0.1) is 0 Å². The second-order valence-electron chi connectivity index (χ2n) is 5.72. The van der Waals surface area contributed by atoms with E-state index in [0.717, 1.165) is 12.8 Å². The SMILES string of the molecule is CCCCn1c(N)c(N(CC)C(=O)CCc2ccco2)c(=O)[nH]c1=O. The van der Waals surface area contributed by atoms with Crippen molar-refractivity contribution in [2.24, 2.45) is 0 Å². The highest BCUT2D eigenvalue weighted by molar-refractivity contribution is 5.95. The summed E-state index contributed by atoms with van der Waals surface area (Å²) in [6.45, 7) is 4.41. The van der Waals surface area contributed by atoms with Crippen molar-refractivity contribution in [3.63, 3.8) is 0 Å². The summed E-state index contributed by atoms with van der Waals surface area (Å²) in [5, 5.41) is 0. The maximum atomic E-state index is 12.6. The molecular formula is C17H24N4O4. The number of hydrogen-bond acceptors (Lipinski definition) is 5. The fourth-order valence-electron chi connectivity index (χ4n) is 2.66. The molecule has 3 N–H and O–H groups in total. The third-order valence-corrected chi connectivity index (χ3v) is 4.00. The Morgan fingerprint density at radius 3 is 2.72 bits per heavy atom. The van der Waals surface area contributed by atoms with Gasteiger partial charge in [-0.25, -0.2) is 4.79 Å². The zero-order chi connectivity index (χ0) is 18.4. The maximum absolute atomic E-state index is 12.6. The Morgan fingerprint density at radius 1 is 1.36 bits per heavy atom. The minimum Gasteiger partial charge on any atom is -0.469 e. The number of nitrogen functional groups attached to an aromatic ring is 1. The van der Waals surface area contributed by atoms with Gasteiger partial charge in [-0.2, -0.15) is 0 Å². The zero-order valence-corrected chi connectivity index (χ0v) is 14.6.